The number of halogens is 1. The average molecular weight is 436 g/mol. The van der Waals surface area contributed by atoms with Gasteiger partial charge in [-0.25, -0.2) is 0 Å². The first-order chi connectivity index (χ1) is 13.0. The van der Waals surface area contributed by atoms with Gasteiger partial charge in [0, 0.05) is 35.7 Å². The topological polar surface area (TPSA) is 52.7 Å². The third-order valence-corrected chi connectivity index (χ3v) is 6.28. The highest BCUT2D eigenvalue weighted by Crippen LogP contribution is 2.22. The van der Waals surface area contributed by atoms with Gasteiger partial charge in [-0.15, -0.1) is 0 Å². The Kier molecular flexibility index (Phi) is 6.93. The average Bonchev–Trinajstić information content (AvgIpc) is 3.16. The van der Waals surface area contributed by atoms with Crippen LogP contribution < -0.4 is 5.32 Å². The van der Waals surface area contributed by atoms with Crippen LogP contribution in [-0.2, 0) is 4.79 Å². The Morgan fingerprint density at radius 1 is 1.15 bits per heavy atom. The maximum atomic E-state index is 12.8. The van der Waals surface area contributed by atoms with Gasteiger partial charge in [0.25, 0.3) is 5.91 Å². The molecule has 0 saturated carbocycles. The van der Waals surface area contributed by atoms with Gasteiger partial charge in [0.05, 0.1) is 0 Å². The van der Waals surface area contributed by atoms with E-state index in [-0.39, 0.29) is 17.9 Å². The van der Waals surface area contributed by atoms with Crippen LogP contribution in [0.15, 0.2) is 28.7 Å². The number of rotatable bonds is 5. The Morgan fingerprint density at radius 2 is 1.85 bits per heavy atom. The SMILES string of the molecule is CC(C)N1CCCC(CNC(=O)C2CCCN2C(=O)c2ccc(Br)cc2)C1. The number of piperidine rings is 1. The summed E-state index contributed by atoms with van der Waals surface area (Å²) < 4.78 is 0.942. The van der Waals surface area contributed by atoms with Crippen molar-refractivity contribution in [2.45, 2.75) is 51.6 Å². The van der Waals surface area contributed by atoms with Crippen LogP contribution in [0.2, 0.25) is 0 Å². The van der Waals surface area contributed by atoms with Gasteiger partial charge in [-0.3, -0.25) is 9.59 Å². The number of likely N-dealkylation sites (tertiary alicyclic amines) is 2. The molecule has 2 aliphatic rings. The first-order valence-electron chi connectivity index (χ1n) is 10.0. The molecular weight excluding hydrogens is 406 g/mol. The molecule has 1 aromatic carbocycles. The van der Waals surface area contributed by atoms with Gasteiger partial charge in [0.2, 0.25) is 5.91 Å². The number of benzene rings is 1. The maximum Gasteiger partial charge on any atom is 0.254 e. The number of hydrogen-bond donors (Lipinski definition) is 1. The van der Waals surface area contributed by atoms with E-state index >= 15 is 0 Å². The lowest BCUT2D eigenvalue weighted by Gasteiger charge is -2.35. The van der Waals surface area contributed by atoms with Crippen molar-refractivity contribution in [3.63, 3.8) is 0 Å². The van der Waals surface area contributed by atoms with Crippen molar-refractivity contribution in [3.05, 3.63) is 34.3 Å². The molecule has 0 aliphatic carbocycles. The van der Waals surface area contributed by atoms with Crippen molar-refractivity contribution in [1.29, 1.82) is 0 Å². The molecule has 0 radical (unpaired) electrons. The number of nitrogens with one attached hydrogen (secondary N) is 1. The van der Waals surface area contributed by atoms with Gasteiger partial charge >= 0.3 is 0 Å². The summed E-state index contributed by atoms with van der Waals surface area (Å²) in [6.45, 7) is 8.01. The van der Waals surface area contributed by atoms with E-state index in [1.807, 2.05) is 24.3 Å². The Balaban J connectivity index is 1.55. The minimum Gasteiger partial charge on any atom is -0.354 e. The third-order valence-electron chi connectivity index (χ3n) is 5.75. The molecule has 0 bridgehead atoms. The summed E-state index contributed by atoms with van der Waals surface area (Å²) in [7, 11) is 0. The second-order valence-corrected chi connectivity index (χ2v) is 8.92. The molecule has 148 valence electrons. The van der Waals surface area contributed by atoms with E-state index < -0.39 is 0 Å². The molecule has 6 heteroatoms. The number of nitrogens with zero attached hydrogens (tertiary/aromatic N) is 2. The van der Waals surface area contributed by atoms with Crippen molar-refractivity contribution in [1.82, 2.24) is 15.1 Å². The van der Waals surface area contributed by atoms with Gasteiger partial charge in [-0.2, -0.15) is 0 Å². The maximum absolute atomic E-state index is 12.8. The van der Waals surface area contributed by atoms with Gasteiger partial charge < -0.3 is 15.1 Å². The number of carbonyl (C=O) groups excluding carboxylic acids is 2. The van der Waals surface area contributed by atoms with Gasteiger partial charge in [0.15, 0.2) is 0 Å². The number of hydrogen-bond acceptors (Lipinski definition) is 3. The van der Waals surface area contributed by atoms with Crippen LogP contribution in [0.1, 0.15) is 49.9 Å². The molecule has 0 aromatic heterocycles. The van der Waals surface area contributed by atoms with Crippen molar-refractivity contribution in [2.24, 2.45) is 5.92 Å². The lowest BCUT2D eigenvalue weighted by molar-refractivity contribution is -0.125. The molecule has 5 nitrogen and oxygen atoms in total. The van der Waals surface area contributed by atoms with E-state index in [1.165, 1.54) is 6.42 Å². The molecule has 1 N–H and O–H groups in total. The van der Waals surface area contributed by atoms with Crippen molar-refractivity contribution < 1.29 is 9.59 Å². The molecule has 2 atom stereocenters. The fourth-order valence-corrected chi connectivity index (χ4v) is 4.40. The molecule has 3 rings (SSSR count). The highest BCUT2D eigenvalue weighted by atomic mass is 79.9. The largest absolute Gasteiger partial charge is 0.354 e. The molecule has 0 spiro atoms. The zero-order chi connectivity index (χ0) is 19.4. The van der Waals surface area contributed by atoms with Crippen LogP contribution in [-0.4, -0.2) is 59.9 Å². The summed E-state index contributed by atoms with van der Waals surface area (Å²) in [6.07, 6.45) is 3.98. The Morgan fingerprint density at radius 3 is 2.56 bits per heavy atom. The Bertz CT molecular complexity index is 662. The zero-order valence-electron chi connectivity index (χ0n) is 16.3. The monoisotopic (exact) mass is 435 g/mol. The molecule has 27 heavy (non-hydrogen) atoms. The lowest BCUT2D eigenvalue weighted by atomic mass is 9.97. The number of carbonyl (C=O) groups is 2. The highest BCUT2D eigenvalue weighted by molar-refractivity contribution is 9.10. The van der Waals surface area contributed by atoms with Crippen LogP contribution >= 0.6 is 15.9 Å². The quantitative estimate of drug-likeness (QED) is 0.771. The molecular formula is C21H30BrN3O2. The Labute approximate surface area is 170 Å². The summed E-state index contributed by atoms with van der Waals surface area (Å²) in [4.78, 5) is 29.8. The zero-order valence-corrected chi connectivity index (χ0v) is 17.9. The van der Waals surface area contributed by atoms with E-state index in [0.717, 1.165) is 36.8 Å². The van der Waals surface area contributed by atoms with E-state index in [4.69, 9.17) is 0 Å². The van der Waals surface area contributed by atoms with Crippen molar-refractivity contribution in [3.8, 4) is 0 Å². The van der Waals surface area contributed by atoms with Crippen LogP contribution in [0.25, 0.3) is 0 Å². The van der Waals surface area contributed by atoms with E-state index in [9.17, 15) is 9.59 Å². The summed E-state index contributed by atoms with van der Waals surface area (Å²) in [5, 5.41) is 3.13. The van der Waals surface area contributed by atoms with Crippen LogP contribution in [0.5, 0.6) is 0 Å². The minimum atomic E-state index is -0.342. The van der Waals surface area contributed by atoms with Crippen LogP contribution in [0.3, 0.4) is 0 Å². The fraction of sp³-hybridized carbons (Fsp3) is 0.619. The van der Waals surface area contributed by atoms with Crippen molar-refractivity contribution in [2.75, 3.05) is 26.2 Å². The van der Waals surface area contributed by atoms with E-state index in [2.05, 4.69) is 40.0 Å². The minimum absolute atomic E-state index is 0.000341. The molecule has 1 aromatic rings. The summed E-state index contributed by atoms with van der Waals surface area (Å²) >= 11 is 3.39. The van der Waals surface area contributed by atoms with Gasteiger partial charge in [-0.05, 0) is 76.3 Å². The molecule has 2 aliphatic heterocycles. The van der Waals surface area contributed by atoms with Gasteiger partial charge in [-0.1, -0.05) is 15.9 Å². The van der Waals surface area contributed by atoms with E-state index in [1.54, 1.807) is 4.90 Å². The molecule has 2 saturated heterocycles. The summed E-state index contributed by atoms with van der Waals surface area (Å²) in [6, 6.07) is 7.55. The first kappa shape index (κ1) is 20.3. The predicted octanol–water partition coefficient (Wildman–Crippen LogP) is 3.29. The standard InChI is InChI=1S/C21H30BrN3O2/c1-15(2)24-11-3-5-16(14-24)13-23-20(26)19-6-4-12-25(19)21(27)17-7-9-18(22)10-8-17/h7-10,15-16,19H,3-6,11-14H2,1-2H3,(H,23,26). The molecule has 2 heterocycles. The third kappa shape index (κ3) is 5.11. The number of amides is 2. The van der Waals surface area contributed by atoms with Crippen LogP contribution in [0, 0.1) is 5.92 Å². The van der Waals surface area contributed by atoms with Gasteiger partial charge in [0.1, 0.15) is 6.04 Å². The normalized spacial score (nSPS) is 23.6. The first-order valence-corrected chi connectivity index (χ1v) is 10.8. The molecule has 2 unspecified atom stereocenters. The molecule has 2 amide bonds. The van der Waals surface area contributed by atoms with Crippen LogP contribution in [0.4, 0.5) is 0 Å². The van der Waals surface area contributed by atoms with Crippen molar-refractivity contribution >= 4 is 27.7 Å². The highest BCUT2D eigenvalue weighted by Gasteiger charge is 2.34. The second kappa shape index (κ2) is 9.20. The fourth-order valence-electron chi connectivity index (χ4n) is 4.14. The Hall–Kier alpha value is -1.40. The van der Waals surface area contributed by atoms with E-state index in [0.29, 0.717) is 30.6 Å². The predicted molar refractivity (Wildman–Crippen MR) is 111 cm³/mol. The summed E-state index contributed by atoms with van der Waals surface area (Å²) in [5.74, 6) is 0.450. The second-order valence-electron chi connectivity index (χ2n) is 8.01. The summed E-state index contributed by atoms with van der Waals surface area (Å²) in [5.41, 5.74) is 0.637. The smallest absolute Gasteiger partial charge is 0.254 e. The lowest BCUT2D eigenvalue weighted by Crippen LogP contribution is -2.49. The molecule has 2 fully saturated rings.